The first-order valence-corrected chi connectivity index (χ1v) is 15.5. The van der Waals surface area contributed by atoms with E-state index in [-0.39, 0.29) is 24.2 Å². The normalized spacial score (nSPS) is 22.2. The number of nitrogens with zero attached hydrogens (tertiary/aromatic N) is 4. The average molecular weight is 641 g/mol. The molecule has 0 aliphatic carbocycles. The molecular formula is C34H36N6O7. The first kappa shape index (κ1) is 32.0. The van der Waals surface area contributed by atoms with Crippen LogP contribution in [0.3, 0.4) is 0 Å². The van der Waals surface area contributed by atoms with Gasteiger partial charge in [0.25, 0.3) is 11.8 Å². The Morgan fingerprint density at radius 3 is 2.34 bits per heavy atom. The highest BCUT2D eigenvalue weighted by Gasteiger charge is 2.55. The molecule has 47 heavy (non-hydrogen) atoms. The lowest BCUT2D eigenvalue weighted by Gasteiger charge is -2.24. The highest BCUT2D eigenvalue weighted by molar-refractivity contribution is 6.06. The molecule has 2 aliphatic heterocycles. The fourth-order valence-electron chi connectivity index (χ4n) is 5.70. The molecule has 13 heteroatoms. The lowest BCUT2D eigenvalue weighted by molar-refractivity contribution is -0.191. The van der Waals surface area contributed by atoms with Gasteiger partial charge in [0.2, 0.25) is 0 Å². The SMILES string of the molecule is CCOC(=O)C(CC/C=C/[C@H]1O[C@@H](n2cnc3c(NC(=O)c4ccccc4)ncnc32)[C@@H]2OC(C)(C)O[C@@H]21)NC(=O)c1ccccc1. The van der Waals surface area contributed by atoms with Gasteiger partial charge in [0.05, 0.1) is 12.9 Å². The van der Waals surface area contributed by atoms with Gasteiger partial charge in [-0.3, -0.25) is 14.2 Å². The summed E-state index contributed by atoms with van der Waals surface area (Å²) in [5.41, 5.74) is 1.80. The molecule has 2 aliphatic rings. The number of ether oxygens (including phenoxy) is 4. The van der Waals surface area contributed by atoms with E-state index in [1.165, 1.54) is 6.33 Å². The number of anilines is 1. The summed E-state index contributed by atoms with van der Waals surface area (Å²) in [6.07, 6.45) is 5.41. The number of amides is 2. The van der Waals surface area contributed by atoms with Crippen LogP contribution in [0.15, 0.2) is 85.5 Å². The number of hydrogen-bond acceptors (Lipinski definition) is 10. The molecule has 244 valence electrons. The van der Waals surface area contributed by atoms with Crippen LogP contribution in [0.5, 0.6) is 0 Å². The van der Waals surface area contributed by atoms with Crippen LogP contribution in [0.4, 0.5) is 5.82 Å². The van der Waals surface area contributed by atoms with Gasteiger partial charge in [-0.05, 0) is 57.9 Å². The number of benzene rings is 2. The number of rotatable bonds is 11. The Labute approximate surface area is 271 Å². The predicted octanol–water partition coefficient (Wildman–Crippen LogP) is 4.19. The molecule has 2 amide bonds. The van der Waals surface area contributed by atoms with Crippen LogP contribution in [0.1, 0.15) is 60.6 Å². The largest absolute Gasteiger partial charge is 0.464 e. The van der Waals surface area contributed by atoms with E-state index in [0.29, 0.717) is 35.1 Å². The number of allylic oxidation sites excluding steroid dienone is 1. The molecule has 13 nitrogen and oxygen atoms in total. The number of aromatic nitrogens is 4. The van der Waals surface area contributed by atoms with Gasteiger partial charge in [-0.1, -0.05) is 48.6 Å². The molecule has 2 fully saturated rings. The lowest BCUT2D eigenvalue weighted by atomic mass is 10.1. The van der Waals surface area contributed by atoms with Gasteiger partial charge in [0.1, 0.15) is 30.7 Å². The molecular weight excluding hydrogens is 604 g/mol. The Morgan fingerprint density at radius 1 is 0.957 bits per heavy atom. The van der Waals surface area contributed by atoms with Gasteiger partial charge in [-0.15, -0.1) is 0 Å². The van der Waals surface area contributed by atoms with Crippen LogP contribution < -0.4 is 10.6 Å². The summed E-state index contributed by atoms with van der Waals surface area (Å²) in [6, 6.07) is 16.7. The molecule has 2 aromatic carbocycles. The summed E-state index contributed by atoms with van der Waals surface area (Å²) in [6.45, 7) is 5.61. The van der Waals surface area contributed by atoms with Crippen LogP contribution >= 0.6 is 0 Å². The molecule has 0 bridgehead atoms. The van der Waals surface area contributed by atoms with E-state index in [0.717, 1.165) is 0 Å². The van der Waals surface area contributed by atoms with E-state index in [1.54, 1.807) is 66.3 Å². The molecule has 2 saturated heterocycles. The van der Waals surface area contributed by atoms with Crippen molar-refractivity contribution in [3.63, 3.8) is 0 Å². The lowest BCUT2D eigenvalue weighted by Crippen LogP contribution is -2.41. The van der Waals surface area contributed by atoms with Crippen LogP contribution in [-0.4, -0.2) is 74.1 Å². The molecule has 0 spiro atoms. The van der Waals surface area contributed by atoms with Crippen molar-refractivity contribution in [3.05, 3.63) is 96.6 Å². The maximum Gasteiger partial charge on any atom is 0.328 e. The molecule has 4 heterocycles. The van der Waals surface area contributed by atoms with Crippen LogP contribution in [0.25, 0.3) is 11.2 Å². The number of nitrogens with one attached hydrogen (secondary N) is 2. The minimum atomic E-state index is -0.861. The zero-order chi connectivity index (χ0) is 33.0. The summed E-state index contributed by atoms with van der Waals surface area (Å²) in [4.78, 5) is 51.4. The van der Waals surface area contributed by atoms with Gasteiger partial charge in [0, 0.05) is 11.1 Å². The molecule has 4 aromatic rings. The number of carbonyl (C=O) groups is 3. The number of carbonyl (C=O) groups excluding carboxylic acids is 3. The fraction of sp³-hybridized carbons (Fsp3) is 0.353. The Bertz CT molecular complexity index is 1760. The fourth-order valence-corrected chi connectivity index (χ4v) is 5.70. The minimum Gasteiger partial charge on any atom is -0.464 e. The van der Waals surface area contributed by atoms with E-state index in [2.05, 4.69) is 25.6 Å². The number of fused-ring (bicyclic) bond motifs is 2. The second kappa shape index (κ2) is 13.8. The van der Waals surface area contributed by atoms with Gasteiger partial charge in [0.15, 0.2) is 29.0 Å². The zero-order valence-corrected chi connectivity index (χ0v) is 26.2. The third kappa shape index (κ3) is 7.07. The third-order valence-electron chi connectivity index (χ3n) is 7.83. The summed E-state index contributed by atoms with van der Waals surface area (Å²) < 4.78 is 25.9. The number of hydrogen-bond donors (Lipinski definition) is 2. The smallest absolute Gasteiger partial charge is 0.328 e. The van der Waals surface area contributed by atoms with Crippen molar-refractivity contribution in [2.24, 2.45) is 0 Å². The Balaban J connectivity index is 1.17. The first-order chi connectivity index (χ1) is 22.7. The molecule has 0 radical (unpaired) electrons. The molecule has 2 aromatic heterocycles. The quantitative estimate of drug-likeness (QED) is 0.180. The van der Waals surface area contributed by atoms with E-state index in [4.69, 9.17) is 18.9 Å². The third-order valence-corrected chi connectivity index (χ3v) is 7.83. The van der Waals surface area contributed by atoms with Crippen molar-refractivity contribution in [2.45, 2.75) is 70.0 Å². The average Bonchev–Trinajstić information content (AvgIpc) is 3.74. The summed E-state index contributed by atoms with van der Waals surface area (Å²) in [7, 11) is 0. The zero-order valence-electron chi connectivity index (χ0n) is 26.2. The summed E-state index contributed by atoms with van der Waals surface area (Å²) >= 11 is 0. The molecule has 0 saturated carbocycles. The van der Waals surface area contributed by atoms with E-state index in [9.17, 15) is 14.4 Å². The molecule has 2 N–H and O–H groups in total. The molecule has 1 unspecified atom stereocenters. The highest BCUT2D eigenvalue weighted by Crippen LogP contribution is 2.44. The second-order valence-corrected chi connectivity index (χ2v) is 11.6. The van der Waals surface area contributed by atoms with Crippen LogP contribution in [-0.2, 0) is 23.7 Å². The summed E-state index contributed by atoms with van der Waals surface area (Å²) in [5, 5.41) is 5.61. The minimum absolute atomic E-state index is 0.203. The van der Waals surface area contributed by atoms with Crippen LogP contribution in [0.2, 0.25) is 0 Å². The van der Waals surface area contributed by atoms with E-state index in [1.807, 2.05) is 38.1 Å². The van der Waals surface area contributed by atoms with E-state index >= 15 is 0 Å². The van der Waals surface area contributed by atoms with Crippen molar-refractivity contribution in [2.75, 3.05) is 11.9 Å². The summed E-state index contributed by atoms with van der Waals surface area (Å²) in [5.74, 6) is -1.75. The second-order valence-electron chi connectivity index (χ2n) is 11.6. The van der Waals surface area contributed by atoms with Crippen molar-refractivity contribution >= 4 is 34.8 Å². The maximum absolute atomic E-state index is 12.8. The highest BCUT2D eigenvalue weighted by atomic mass is 16.8. The van der Waals surface area contributed by atoms with Crippen molar-refractivity contribution in [3.8, 4) is 0 Å². The van der Waals surface area contributed by atoms with Crippen molar-refractivity contribution in [1.82, 2.24) is 24.8 Å². The van der Waals surface area contributed by atoms with Gasteiger partial charge in [-0.25, -0.2) is 19.7 Å². The van der Waals surface area contributed by atoms with Gasteiger partial charge in [-0.2, -0.15) is 0 Å². The van der Waals surface area contributed by atoms with Crippen LogP contribution in [0, 0.1) is 0 Å². The Kier molecular flexibility index (Phi) is 9.38. The maximum atomic E-state index is 12.8. The van der Waals surface area contributed by atoms with E-state index < -0.39 is 42.3 Å². The predicted molar refractivity (Wildman–Crippen MR) is 170 cm³/mol. The van der Waals surface area contributed by atoms with Gasteiger partial charge >= 0.3 is 5.97 Å². The van der Waals surface area contributed by atoms with Gasteiger partial charge < -0.3 is 29.6 Å². The van der Waals surface area contributed by atoms with Crippen molar-refractivity contribution < 1.29 is 33.3 Å². The molecule has 6 rings (SSSR count). The number of esters is 1. The van der Waals surface area contributed by atoms with Crippen molar-refractivity contribution in [1.29, 1.82) is 0 Å². The Morgan fingerprint density at radius 2 is 1.64 bits per heavy atom. The number of imidazole rings is 1. The molecule has 5 atom stereocenters. The topological polar surface area (TPSA) is 156 Å². The standard InChI is InChI=1S/C34H36N6O7/c1-4-44-33(43)23(38-30(41)21-13-7-5-8-14-21)17-11-12-18-24-26-27(47-34(2,3)46-26)32(45-24)40-20-37-25-28(35-19-36-29(25)40)39-31(42)22-15-9-6-10-16-22/h5-10,12-16,18-20,23-24,26-27,32H,4,11,17H2,1-3H3,(H,38,41)(H,35,36,39,42)/b18-12+/t23?,24-,26-,27-,32-/m1/s1. The first-order valence-electron chi connectivity index (χ1n) is 15.5. The monoisotopic (exact) mass is 640 g/mol. The Hall–Kier alpha value is -4.98.